The summed E-state index contributed by atoms with van der Waals surface area (Å²) in [6.07, 6.45) is 5.30. The number of thiazole rings is 1. The van der Waals surface area contributed by atoms with Crippen LogP contribution >= 0.6 is 11.3 Å². The zero-order valence-electron chi connectivity index (χ0n) is 12.6. The second-order valence-corrected chi connectivity index (χ2v) is 7.67. The first-order valence-corrected chi connectivity index (χ1v) is 8.15. The third-order valence-corrected chi connectivity index (χ3v) is 5.40. The van der Waals surface area contributed by atoms with Gasteiger partial charge in [0.1, 0.15) is 5.01 Å². The van der Waals surface area contributed by atoms with Crippen molar-refractivity contribution in [3.8, 4) is 0 Å². The van der Waals surface area contributed by atoms with Crippen molar-refractivity contribution in [2.45, 2.75) is 65.1 Å². The highest BCUT2D eigenvalue weighted by atomic mass is 32.1. The summed E-state index contributed by atoms with van der Waals surface area (Å²) in [5, 5.41) is 3.20. The molecule has 1 atom stereocenters. The Morgan fingerprint density at radius 2 is 2.11 bits per heavy atom. The van der Waals surface area contributed by atoms with Crippen LogP contribution < -0.4 is 5.73 Å². The number of nitrogens with two attached hydrogens (primary N) is 1. The van der Waals surface area contributed by atoms with Crippen molar-refractivity contribution >= 4 is 11.3 Å². The van der Waals surface area contributed by atoms with Gasteiger partial charge in [-0.25, -0.2) is 4.98 Å². The maximum Gasteiger partial charge on any atom is 0.109 e. The van der Waals surface area contributed by atoms with E-state index in [2.05, 4.69) is 36.2 Å². The van der Waals surface area contributed by atoms with E-state index < -0.39 is 0 Å². The van der Waals surface area contributed by atoms with Gasteiger partial charge in [0.2, 0.25) is 0 Å². The average molecular weight is 281 g/mol. The molecule has 108 valence electrons. The van der Waals surface area contributed by atoms with Crippen LogP contribution in [0.25, 0.3) is 0 Å². The van der Waals surface area contributed by atoms with E-state index in [1.165, 1.54) is 31.4 Å². The normalized spacial score (nSPS) is 21.8. The van der Waals surface area contributed by atoms with E-state index in [9.17, 15) is 0 Å². The molecule has 1 saturated carbocycles. The molecule has 0 saturated heterocycles. The molecule has 1 aromatic heterocycles. The molecule has 1 unspecified atom stereocenters. The predicted molar refractivity (Wildman–Crippen MR) is 82.2 cm³/mol. The van der Waals surface area contributed by atoms with Crippen LogP contribution in [-0.4, -0.2) is 23.0 Å². The topological polar surface area (TPSA) is 42.1 Å². The predicted octanol–water partition coefficient (Wildman–Crippen LogP) is 3.56. The molecule has 1 fully saturated rings. The van der Waals surface area contributed by atoms with Crippen LogP contribution in [0.2, 0.25) is 0 Å². The third kappa shape index (κ3) is 4.01. The molecule has 1 aromatic rings. The number of hydrogen-bond acceptors (Lipinski definition) is 4. The van der Waals surface area contributed by atoms with Gasteiger partial charge in [0.25, 0.3) is 0 Å². The SMILES string of the molecule is CC(N)c1nc(CN(C)C2CCC(C)(C)CC2)cs1. The van der Waals surface area contributed by atoms with Crippen LogP contribution in [0.15, 0.2) is 5.38 Å². The van der Waals surface area contributed by atoms with Crippen molar-refractivity contribution < 1.29 is 0 Å². The molecular formula is C15H27N3S. The molecule has 1 aliphatic carbocycles. The molecule has 2 rings (SSSR count). The van der Waals surface area contributed by atoms with Gasteiger partial charge >= 0.3 is 0 Å². The van der Waals surface area contributed by atoms with Crippen LogP contribution in [0.4, 0.5) is 0 Å². The summed E-state index contributed by atoms with van der Waals surface area (Å²) >= 11 is 1.68. The standard InChI is InChI=1S/C15H27N3S/c1-11(16)14-17-12(10-19-14)9-18(4)13-5-7-15(2,3)8-6-13/h10-11,13H,5-9,16H2,1-4H3. The Hall–Kier alpha value is -0.450. The quantitative estimate of drug-likeness (QED) is 0.917. The highest BCUT2D eigenvalue weighted by Crippen LogP contribution is 2.36. The first kappa shape index (κ1) is 14.9. The van der Waals surface area contributed by atoms with Gasteiger partial charge in [-0.1, -0.05) is 13.8 Å². The van der Waals surface area contributed by atoms with Gasteiger partial charge in [0.15, 0.2) is 0 Å². The van der Waals surface area contributed by atoms with Gasteiger partial charge in [0, 0.05) is 18.0 Å². The summed E-state index contributed by atoms with van der Waals surface area (Å²) in [6.45, 7) is 7.72. The Morgan fingerprint density at radius 3 is 2.63 bits per heavy atom. The highest BCUT2D eigenvalue weighted by molar-refractivity contribution is 7.09. The molecule has 0 aromatic carbocycles. The van der Waals surface area contributed by atoms with Crippen molar-refractivity contribution in [3.05, 3.63) is 16.1 Å². The van der Waals surface area contributed by atoms with Crippen LogP contribution in [-0.2, 0) is 6.54 Å². The molecule has 0 aliphatic heterocycles. The first-order valence-electron chi connectivity index (χ1n) is 7.27. The Morgan fingerprint density at radius 1 is 1.47 bits per heavy atom. The zero-order valence-corrected chi connectivity index (χ0v) is 13.5. The maximum absolute atomic E-state index is 5.86. The lowest BCUT2D eigenvalue weighted by Crippen LogP contribution is -2.36. The zero-order chi connectivity index (χ0) is 14.0. The van der Waals surface area contributed by atoms with Crippen molar-refractivity contribution in [2.24, 2.45) is 11.1 Å². The summed E-state index contributed by atoms with van der Waals surface area (Å²) in [7, 11) is 2.23. The van der Waals surface area contributed by atoms with E-state index in [0.29, 0.717) is 11.5 Å². The van der Waals surface area contributed by atoms with Gasteiger partial charge in [0.05, 0.1) is 11.7 Å². The monoisotopic (exact) mass is 281 g/mol. The van der Waals surface area contributed by atoms with Crippen LogP contribution in [0.1, 0.15) is 63.2 Å². The molecule has 0 amide bonds. The lowest BCUT2D eigenvalue weighted by molar-refractivity contribution is 0.122. The summed E-state index contributed by atoms with van der Waals surface area (Å²) in [6, 6.07) is 0.771. The van der Waals surface area contributed by atoms with Crippen LogP contribution in [0.3, 0.4) is 0 Å². The van der Waals surface area contributed by atoms with Gasteiger partial charge in [-0.2, -0.15) is 0 Å². The molecule has 19 heavy (non-hydrogen) atoms. The van der Waals surface area contributed by atoms with E-state index in [-0.39, 0.29) is 6.04 Å². The lowest BCUT2D eigenvalue weighted by Gasteiger charge is -2.38. The third-order valence-electron chi connectivity index (χ3n) is 4.30. The molecule has 1 aliphatic rings. The molecule has 1 heterocycles. The first-order chi connectivity index (χ1) is 8.87. The molecule has 2 N–H and O–H groups in total. The van der Waals surface area contributed by atoms with Gasteiger partial charge < -0.3 is 5.73 Å². The van der Waals surface area contributed by atoms with Crippen LogP contribution in [0, 0.1) is 5.41 Å². The minimum atomic E-state index is 0.0551. The fourth-order valence-electron chi connectivity index (χ4n) is 2.81. The Kier molecular flexibility index (Phi) is 4.64. The fraction of sp³-hybridized carbons (Fsp3) is 0.800. The Bertz CT molecular complexity index is 401. The minimum absolute atomic E-state index is 0.0551. The smallest absolute Gasteiger partial charge is 0.109 e. The molecule has 0 bridgehead atoms. The van der Waals surface area contributed by atoms with E-state index in [4.69, 9.17) is 5.73 Å². The van der Waals surface area contributed by atoms with Crippen molar-refractivity contribution in [1.82, 2.24) is 9.88 Å². The highest BCUT2D eigenvalue weighted by Gasteiger charge is 2.28. The summed E-state index contributed by atoms with van der Waals surface area (Å²) in [4.78, 5) is 7.09. The molecule has 0 spiro atoms. The van der Waals surface area contributed by atoms with E-state index in [1.54, 1.807) is 11.3 Å². The summed E-state index contributed by atoms with van der Waals surface area (Å²) in [5.74, 6) is 0. The van der Waals surface area contributed by atoms with E-state index >= 15 is 0 Å². The van der Waals surface area contributed by atoms with Crippen molar-refractivity contribution in [1.29, 1.82) is 0 Å². The molecular weight excluding hydrogens is 254 g/mol. The van der Waals surface area contributed by atoms with E-state index in [0.717, 1.165) is 11.6 Å². The minimum Gasteiger partial charge on any atom is -0.322 e. The number of nitrogens with zero attached hydrogens (tertiary/aromatic N) is 2. The maximum atomic E-state index is 5.86. The fourth-order valence-corrected chi connectivity index (χ4v) is 3.58. The molecule has 4 heteroatoms. The van der Waals surface area contributed by atoms with Crippen molar-refractivity contribution in [3.63, 3.8) is 0 Å². The Labute approximate surface area is 121 Å². The van der Waals surface area contributed by atoms with Crippen LogP contribution in [0.5, 0.6) is 0 Å². The van der Waals surface area contributed by atoms with Crippen molar-refractivity contribution in [2.75, 3.05) is 7.05 Å². The van der Waals surface area contributed by atoms with Gasteiger partial charge in [-0.3, -0.25) is 4.90 Å². The van der Waals surface area contributed by atoms with Gasteiger partial charge in [-0.15, -0.1) is 11.3 Å². The number of hydrogen-bond donors (Lipinski definition) is 1. The van der Waals surface area contributed by atoms with E-state index in [1.807, 2.05) is 6.92 Å². The lowest BCUT2D eigenvalue weighted by atomic mass is 9.75. The average Bonchev–Trinajstić information content (AvgIpc) is 2.77. The summed E-state index contributed by atoms with van der Waals surface area (Å²) in [5.41, 5.74) is 7.58. The second-order valence-electron chi connectivity index (χ2n) is 6.78. The Balaban J connectivity index is 1.88. The number of aromatic nitrogens is 1. The largest absolute Gasteiger partial charge is 0.322 e. The molecule has 3 nitrogen and oxygen atoms in total. The molecule has 0 radical (unpaired) electrons. The second kappa shape index (κ2) is 5.90. The summed E-state index contributed by atoms with van der Waals surface area (Å²) < 4.78 is 0. The number of rotatable bonds is 4. The van der Waals surface area contributed by atoms with Gasteiger partial charge in [-0.05, 0) is 45.1 Å².